The van der Waals surface area contributed by atoms with E-state index in [0.29, 0.717) is 6.61 Å². The van der Waals surface area contributed by atoms with Crippen LogP contribution in [-0.2, 0) is 23.9 Å². The van der Waals surface area contributed by atoms with E-state index in [1.54, 1.807) is 6.92 Å². The van der Waals surface area contributed by atoms with Crippen LogP contribution in [0.4, 0.5) is 0 Å². The molecule has 7 nitrogen and oxygen atoms in total. The number of thioether (sulfide) groups is 1. The summed E-state index contributed by atoms with van der Waals surface area (Å²) in [5.41, 5.74) is 0. The third-order valence-electron chi connectivity index (χ3n) is 3.37. The van der Waals surface area contributed by atoms with Gasteiger partial charge in [0.1, 0.15) is 12.6 Å². The quantitative estimate of drug-likeness (QED) is 0.496. The van der Waals surface area contributed by atoms with Gasteiger partial charge in [-0.15, -0.1) is 11.8 Å². The lowest BCUT2D eigenvalue weighted by molar-refractivity contribution is -0.145. The number of unbranched alkanes of at least 4 members (excludes halogenated alkanes) is 1. The van der Waals surface area contributed by atoms with Crippen molar-refractivity contribution in [2.75, 3.05) is 19.8 Å². The summed E-state index contributed by atoms with van der Waals surface area (Å²) in [6, 6.07) is -0.592. The van der Waals surface area contributed by atoms with Crippen molar-refractivity contribution in [2.24, 2.45) is 0 Å². The van der Waals surface area contributed by atoms with E-state index in [2.05, 4.69) is 10.6 Å². The third kappa shape index (κ3) is 6.02. The lowest BCUT2D eigenvalue weighted by atomic mass is 10.0. The molecule has 0 aromatic carbocycles. The van der Waals surface area contributed by atoms with Crippen LogP contribution in [0.1, 0.15) is 40.5 Å². The van der Waals surface area contributed by atoms with Crippen molar-refractivity contribution in [3.63, 3.8) is 0 Å². The zero-order valence-corrected chi connectivity index (χ0v) is 15.0. The van der Waals surface area contributed by atoms with Crippen molar-refractivity contribution in [3.05, 3.63) is 0 Å². The molecule has 0 bridgehead atoms. The highest BCUT2D eigenvalue weighted by molar-refractivity contribution is 8.02. The molecule has 1 amide bonds. The average Bonchev–Trinajstić information content (AvgIpc) is 2.81. The molecule has 2 atom stereocenters. The topological polar surface area (TPSA) is 93.7 Å². The van der Waals surface area contributed by atoms with Crippen LogP contribution in [0.15, 0.2) is 0 Å². The van der Waals surface area contributed by atoms with Crippen molar-refractivity contribution in [1.82, 2.24) is 10.6 Å². The second-order valence-corrected chi connectivity index (χ2v) is 7.50. The Morgan fingerprint density at radius 2 is 1.91 bits per heavy atom. The van der Waals surface area contributed by atoms with E-state index < -0.39 is 22.1 Å². The molecule has 0 aromatic rings. The number of nitrogens with one attached hydrogen (secondary N) is 2. The van der Waals surface area contributed by atoms with Gasteiger partial charge in [0.2, 0.25) is 5.91 Å². The van der Waals surface area contributed by atoms with Gasteiger partial charge in [0.25, 0.3) is 0 Å². The molecule has 132 valence electrons. The number of carbonyl (C=O) groups is 3. The van der Waals surface area contributed by atoms with Gasteiger partial charge in [-0.2, -0.15) is 0 Å². The third-order valence-corrected chi connectivity index (χ3v) is 4.77. The maximum atomic E-state index is 12.3. The molecule has 1 fully saturated rings. The second kappa shape index (κ2) is 9.12. The van der Waals surface area contributed by atoms with Crippen molar-refractivity contribution in [3.8, 4) is 0 Å². The SMILES string of the molecule is CCCCOC(=O)C1NC(C(=O)NCC(=O)OCC)C(C)(C)S1. The minimum atomic E-state index is -0.592. The Balaban J connectivity index is 2.53. The fraction of sp³-hybridized carbons (Fsp3) is 0.800. The van der Waals surface area contributed by atoms with Crippen LogP contribution >= 0.6 is 11.8 Å². The van der Waals surface area contributed by atoms with Crippen LogP contribution in [0.2, 0.25) is 0 Å². The van der Waals surface area contributed by atoms with Gasteiger partial charge in [-0.1, -0.05) is 13.3 Å². The zero-order chi connectivity index (χ0) is 17.5. The van der Waals surface area contributed by atoms with Gasteiger partial charge in [-0.3, -0.25) is 14.9 Å². The molecule has 0 radical (unpaired) electrons. The van der Waals surface area contributed by atoms with Gasteiger partial charge in [-0.05, 0) is 27.2 Å². The smallest absolute Gasteiger partial charge is 0.333 e. The van der Waals surface area contributed by atoms with Gasteiger partial charge < -0.3 is 14.8 Å². The predicted octanol–water partition coefficient (Wildman–Crippen LogP) is 0.819. The van der Waals surface area contributed by atoms with E-state index in [4.69, 9.17) is 9.47 Å². The monoisotopic (exact) mass is 346 g/mol. The van der Waals surface area contributed by atoms with Crippen LogP contribution in [-0.4, -0.2) is 53.8 Å². The minimum absolute atomic E-state index is 0.183. The molecule has 0 aliphatic carbocycles. The summed E-state index contributed by atoms with van der Waals surface area (Å²) < 4.78 is 9.46. The molecule has 0 aromatic heterocycles. The highest BCUT2D eigenvalue weighted by atomic mass is 32.2. The number of hydrogen-bond donors (Lipinski definition) is 2. The van der Waals surface area contributed by atoms with E-state index in [1.165, 1.54) is 11.8 Å². The largest absolute Gasteiger partial charge is 0.465 e. The molecule has 2 N–H and O–H groups in total. The van der Waals surface area contributed by atoms with Crippen LogP contribution in [0.5, 0.6) is 0 Å². The zero-order valence-electron chi connectivity index (χ0n) is 14.1. The highest BCUT2D eigenvalue weighted by Gasteiger charge is 2.47. The van der Waals surface area contributed by atoms with E-state index in [-0.39, 0.29) is 25.0 Å². The Bertz CT molecular complexity index is 442. The number of carbonyl (C=O) groups excluding carboxylic acids is 3. The van der Waals surface area contributed by atoms with Crippen molar-refractivity contribution >= 4 is 29.6 Å². The number of rotatable bonds is 8. The van der Waals surface area contributed by atoms with Crippen molar-refractivity contribution < 1.29 is 23.9 Å². The van der Waals surface area contributed by atoms with Crippen molar-refractivity contribution in [1.29, 1.82) is 0 Å². The number of ether oxygens (including phenoxy) is 2. The standard InChI is InChI=1S/C15H26N2O5S/c1-5-7-8-22-14(20)13-17-11(15(3,4)23-13)12(19)16-9-10(18)21-6-2/h11,13,17H,5-9H2,1-4H3,(H,16,19). The molecule has 8 heteroatoms. The molecule has 0 saturated carbocycles. The average molecular weight is 346 g/mol. The van der Waals surface area contributed by atoms with Crippen LogP contribution < -0.4 is 10.6 Å². The fourth-order valence-electron chi connectivity index (χ4n) is 2.13. The molecule has 2 unspecified atom stereocenters. The molecule has 23 heavy (non-hydrogen) atoms. The maximum Gasteiger partial charge on any atom is 0.333 e. The number of esters is 2. The first-order valence-electron chi connectivity index (χ1n) is 7.85. The summed E-state index contributed by atoms with van der Waals surface area (Å²) in [4.78, 5) is 35.6. The van der Waals surface area contributed by atoms with Crippen molar-refractivity contribution in [2.45, 2.75) is 56.7 Å². The normalized spacial score (nSPS) is 22.4. The van der Waals surface area contributed by atoms with Crippen LogP contribution in [0, 0.1) is 0 Å². The molecular weight excluding hydrogens is 320 g/mol. The van der Waals surface area contributed by atoms with Gasteiger partial charge in [0, 0.05) is 4.75 Å². The lowest BCUT2D eigenvalue weighted by Gasteiger charge is -2.23. The molecule has 1 aliphatic rings. The van der Waals surface area contributed by atoms with Gasteiger partial charge in [-0.25, -0.2) is 4.79 Å². The van der Waals surface area contributed by atoms with E-state index in [9.17, 15) is 14.4 Å². The summed E-state index contributed by atoms with van der Waals surface area (Å²) in [6.45, 7) is 7.93. The van der Waals surface area contributed by atoms with E-state index in [0.717, 1.165) is 12.8 Å². The Kier molecular flexibility index (Phi) is 7.84. The molecule has 1 saturated heterocycles. The molecule has 1 heterocycles. The van der Waals surface area contributed by atoms with E-state index in [1.807, 2.05) is 20.8 Å². The summed E-state index contributed by atoms with van der Waals surface area (Å²) in [7, 11) is 0. The lowest BCUT2D eigenvalue weighted by Crippen LogP contribution is -2.52. The van der Waals surface area contributed by atoms with Gasteiger partial charge in [0.15, 0.2) is 5.37 Å². The van der Waals surface area contributed by atoms with Crippen LogP contribution in [0.25, 0.3) is 0 Å². The van der Waals surface area contributed by atoms with Gasteiger partial charge >= 0.3 is 11.9 Å². The first kappa shape index (κ1) is 19.8. The highest BCUT2D eigenvalue weighted by Crippen LogP contribution is 2.38. The van der Waals surface area contributed by atoms with E-state index >= 15 is 0 Å². The first-order chi connectivity index (χ1) is 10.8. The maximum absolute atomic E-state index is 12.3. The van der Waals surface area contributed by atoms with Gasteiger partial charge in [0.05, 0.1) is 13.2 Å². The molecule has 1 aliphatic heterocycles. The Hall–Kier alpha value is -1.28. The minimum Gasteiger partial charge on any atom is -0.465 e. The van der Waals surface area contributed by atoms with Crippen LogP contribution in [0.3, 0.4) is 0 Å². The Labute approximate surface area is 141 Å². The number of amides is 1. The fourth-order valence-corrected chi connectivity index (χ4v) is 3.42. The Morgan fingerprint density at radius 1 is 1.22 bits per heavy atom. The second-order valence-electron chi connectivity index (χ2n) is 5.74. The summed E-state index contributed by atoms with van der Waals surface area (Å²) in [6.07, 6.45) is 1.76. The molecule has 0 spiro atoms. The predicted molar refractivity (Wildman–Crippen MR) is 87.9 cm³/mol. The molecule has 1 rings (SSSR count). The Morgan fingerprint density at radius 3 is 2.52 bits per heavy atom. The first-order valence-corrected chi connectivity index (χ1v) is 8.73. The summed E-state index contributed by atoms with van der Waals surface area (Å²) in [5, 5.41) is 4.94. The summed E-state index contributed by atoms with van der Waals surface area (Å²) in [5.74, 6) is -1.18. The number of hydrogen-bond acceptors (Lipinski definition) is 7. The molecular formula is C15H26N2O5S. The summed E-state index contributed by atoms with van der Waals surface area (Å²) >= 11 is 1.35.